The van der Waals surface area contributed by atoms with Crippen molar-refractivity contribution >= 4 is 32.5 Å². The third-order valence-corrected chi connectivity index (χ3v) is 4.88. The minimum atomic E-state index is -3.68. The lowest BCUT2D eigenvalue weighted by atomic mass is 10.2. The number of ether oxygens (including phenoxy) is 1. The second-order valence-electron chi connectivity index (χ2n) is 4.67. The number of sulfonamides is 1. The number of hydrogen-bond donors (Lipinski definition) is 2. The molecular weight excluding hydrogens is 338 g/mol. The van der Waals surface area contributed by atoms with Gasteiger partial charge in [-0.05, 0) is 26.0 Å². The van der Waals surface area contributed by atoms with E-state index in [4.69, 9.17) is 4.74 Å². The first-order valence-corrected chi connectivity index (χ1v) is 9.21. The molecule has 1 aromatic heterocycles. The Morgan fingerprint density at radius 1 is 1.30 bits per heavy atom. The molecule has 0 radical (unpaired) electrons. The average Bonchev–Trinajstić information content (AvgIpc) is 2.93. The zero-order valence-corrected chi connectivity index (χ0v) is 14.3. The van der Waals surface area contributed by atoms with Gasteiger partial charge in [0.05, 0.1) is 23.6 Å². The Kier molecular flexibility index (Phi) is 5.69. The lowest BCUT2D eigenvalue weighted by Gasteiger charge is -2.07. The van der Waals surface area contributed by atoms with E-state index < -0.39 is 10.0 Å². The van der Waals surface area contributed by atoms with Crippen LogP contribution in [0.5, 0.6) is 0 Å². The van der Waals surface area contributed by atoms with Crippen molar-refractivity contribution in [2.45, 2.75) is 25.2 Å². The maximum Gasteiger partial charge on any atom is 0.311 e. The van der Waals surface area contributed by atoms with Crippen molar-refractivity contribution in [2.75, 3.05) is 12.0 Å². The molecule has 9 heteroatoms. The van der Waals surface area contributed by atoms with Crippen molar-refractivity contribution in [3.05, 3.63) is 40.9 Å². The Labute approximate surface area is 138 Å². The average molecular weight is 355 g/mol. The van der Waals surface area contributed by atoms with Crippen LogP contribution >= 0.6 is 11.3 Å². The molecule has 2 N–H and O–H groups in total. The second kappa shape index (κ2) is 7.53. The number of anilines is 1. The fourth-order valence-electron chi connectivity index (χ4n) is 1.69. The monoisotopic (exact) mass is 355 g/mol. The Hall–Kier alpha value is -1.97. The van der Waals surface area contributed by atoms with Crippen LogP contribution in [0, 0.1) is 6.92 Å². The number of rotatable bonds is 7. The van der Waals surface area contributed by atoms with Gasteiger partial charge in [-0.25, -0.2) is 13.4 Å². The van der Waals surface area contributed by atoms with Crippen molar-refractivity contribution in [1.82, 2.24) is 9.82 Å². The predicted molar refractivity (Wildman–Crippen MR) is 87.6 cm³/mol. The van der Waals surface area contributed by atoms with Gasteiger partial charge in [-0.2, -0.15) is 0 Å². The maximum atomic E-state index is 12.1. The molecule has 23 heavy (non-hydrogen) atoms. The van der Waals surface area contributed by atoms with Gasteiger partial charge >= 0.3 is 5.97 Å². The highest BCUT2D eigenvalue weighted by Crippen LogP contribution is 2.16. The molecule has 0 aliphatic carbocycles. The van der Waals surface area contributed by atoms with Crippen LogP contribution in [0.25, 0.3) is 0 Å². The predicted octanol–water partition coefficient (Wildman–Crippen LogP) is 1.86. The van der Waals surface area contributed by atoms with Gasteiger partial charge in [-0.3, -0.25) is 10.2 Å². The van der Waals surface area contributed by atoms with Gasteiger partial charge in [0.25, 0.3) is 10.0 Å². The minimum absolute atomic E-state index is 0.0523. The largest absolute Gasteiger partial charge is 0.466 e. The van der Waals surface area contributed by atoms with Crippen LogP contribution in [0.2, 0.25) is 0 Å². The number of aryl methyl sites for hydroxylation is 1. The molecule has 1 heterocycles. The summed E-state index contributed by atoms with van der Waals surface area (Å²) in [6.45, 7) is 3.92. The lowest BCUT2D eigenvalue weighted by molar-refractivity contribution is -0.142. The van der Waals surface area contributed by atoms with Gasteiger partial charge in [0, 0.05) is 5.38 Å². The van der Waals surface area contributed by atoms with Crippen LogP contribution in [0.3, 0.4) is 0 Å². The first-order valence-electron chi connectivity index (χ1n) is 6.85. The SMILES string of the molecule is CCOC(=O)Cc1csc(NNS(=O)(=O)c2ccc(C)cc2)n1. The van der Waals surface area contributed by atoms with Crippen LogP contribution in [-0.4, -0.2) is 26.0 Å². The summed E-state index contributed by atoms with van der Waals surface area (Å²) in [6, 6.07) is 6.48. The van der Waals surface area contributed by atoms with E-state index in [2.05, 4.69) is 15.2 Å². The summed E-state index contributed by atoms with van der Waals surface area (Å²) in [6.07, 6.45) is 0.0523. The lowest BCUT2D eigenvalue weighted by Crippen LogP contribution is -2.29. The van der Waals surface area contributed by atoms with Crippen molar-refractivity contribution in [2.24, 2.45) is 0 Å². The van der Waals surface area contributed by atoms with Crippen molar-refractivity contribution < 1.29 is 17.9 Å². The molecule has 7 nitrogen and oxygen atoms in total. The Morgan fingerprint density at radius 2 is 2.00 bits per heavy atom. The van der Waals surface area contributed by atoms with Gasteiger partial charge in [0.2, 0.25) is 0 Å². The molecule has 2 rings (SSSR count). The van der Waals surface area contributed by atoms with Crippen LogP contribution in [0.4, 0.5) is 5.13 Å². The number of hydrazine groups is 1. The van der Waals surface area contributed by atoms with Crippen LogP contribution < -0.4 is 10.3 Å². The smallest absolute Gasteiger partial charge is 0.311 e. The molecule has 124 valence electrons. The molecule has 0 fully saturated rings. The third kappa shape index (κ3) is 5.02. The van der Waals surface area contributed by atoms with Crippen LogP contribution in [0.1, 0.15) is 18.2 Å². The number of esters is 1. The summed E-state index contributed by atoms with van der Waals surface area (Å²) in [5.74, 6) is -0.371. The summed E-state index contributed by atoms with van der Waals surface area (Å²) < 4.78 is 29.1. The molecule has 1 aromatic carbocycles. The van der Waals surface area contributed by atoms with E-state index >= 15 is 0 Å². The van der Waals surface area contributed by atoms with Gasteiger partial charge in [-0.1, -0.05) is 17.7 Å². The summed E-state index contributed by atoms with van der Waals surface area (Å²) in [4.78, 5) is 17.9. The highest BCUT2D eigenvalue weighted by molar-refractivity contribution is 7.89. The highest BCUT2D eigenvalue weighted by Gasteiger charge is 2.14. The maximum absolute atomic E-state index is 12.1. The van der Waals surface area contributed by atoms with E-state index in [1.807, 2.05) is 6.92 Å². The van der Waals surface area contributed by atoms with E-state index in [-0.39, 0.29) is 17.3 Å². The topological polar surface area (TPSA) is 97.4 Å². The van der Waals surface area contributed by atoms with Gasteiger partial charge in [0.1, 0.15) is 0 Å². The molecule has 0 aliphatic heterocycles. The third-order valence-electron chi connectivity index (χ3n) is 2.81. The van der Waals surface area contributed by atoms with E-state index in [1.165, 1.54) is 23.5 Å². The molecule has 0 saturated heterocycles. The van der Waals surface area contributed by atoms with Crippen molar-refractivity contribution in [3.8, 4) is 0 Å². The minimum Gasteiger partial charge on any atom is -0.466 e. The molecule has 0 spiro atoms. The summed E-state index contributed by atoms with van der Waals surface area (Å²) in [7, 11) is -3.68. The number of carbonyl (C=O) groups excluding carboxylic acids is 1. The van der Waals surface area contributed by atoms with Gasteiger partial charge in [-0.15, -0.1) is 16.2 Å². The number of hydrogen-bond acceptors (Lipinski definition) is 7. The van der Waals surface area contributed by atoms with E-state index in [0.717, 1.165) is 5.56 Å². The second-order valence-corrected chi connectivity index (χ2v) is 7.21. The molecule has 0 atom stereocenters. The quantitative estimate of drug-likeness (QED) is 0.581. The molecule has 0 aliphatic rings. The number of nitrogens with zero attached hydrogens (tertiary/aromatic N) is 1. The van der Waals surface area contributed by atoms with Crippen molar-refractivity contribution in [1.29, 1.82) is 0 Å². The zero-order chi connectivity index (χ0) is 16.9. The van der Waals surface area contributed by atoms with E-state index in [0.29, 0.717) is 17.4 Å². The van der Waals surface area contributed by atoms with Crippen molar-refractivity contribution in [3.63, 3.8) is 0 Å². The molecule has 0 bridgehead atoms. The number of nitrogens with one attached hydrogen (secondary N) is 2. The Bertz CT molecular complexity index is 770. The molecule has 0 unspecified atom stereocenters. The summed E-state index contributed by atoms with van der Waals surface area (Å²) in [5.41, 5.74) is 4.03. The van der Waals surface area contributed by atoms with Crippen LogP contribution in [-0.2, 0) is 26.0 Å². The van der Waals surface area contributed by atoms with E-state index in [1.54, 1.807) is 24.4 Å². The first kappa shape index (κ1) is 17.4. The van der Waals surface area contributed by atoms with Crippen LogP contribution in [0.15, 0.2) is 34.5 Å². The Balaban J connectivity index is 1.96. The van der Waals surface area contributed by atoms with Gasteiger partial charge in [0.15, 0.2) is 5.13 Å². The summed E-state index contributed by atoms with van der Waals surface area (Å²) >= 11 is 1.19. The zero-order valence-electron chi connectivity index (χ0n) is 12.7. The first-order chi connectivity index (χ1) is 10.9. The number of thiazole rings is 1. The fraction of sp³-hybridized carbons (Fsp3) is 0.286. The number of aromatic nitrogens is 1. The number of carbonyl (C=O) groups is 1. The highest BCUT2D eigenvalue weighted by atomic mass is 32.2. The normalized spacial score (nSPS) is 11.2. The number of benzene rings is 1. The fourth-order valence-corrected chi connectivity index (χ4v) is 3.26. The molecule has 0 amide bonds. The Morgan fingerprint density at radius 3 is 2.65 bits per heavy atom. The standard InChI is InChI=1S/C14H17N3O4S2/c1-3-21-13(18)8-11-9-22-14(15-11)16-17-23(19,20)12-6-4-10(2)5-7-12/h4-7,9,17H,3,8H2,1-2H3,(H,15,16). The summed E-state index contributed by atoms with van der Waals surface area (Å²) in [5, 5.41) is 2.01. The van der Waals surface area contributed by atoms with Gasteiger partial charge < -0.3 is 4.74 Å². The molecule has 0 saturated carbocycles. The molecular formula is C14H17N3O4S2. The molecule has 2 aromatic rings. The van der Waals surface area contributed by atoms with E-state index in [9.17, 15) is 13.2 Å².